The van der Waals surface area contributed by atoms with Crippen LogP contribution in [0.5, 0.6) is 5.75 Å². The number of rotatable bonds is 8. The maximum Gasteiger partial charge on any atom is 0.253 e. The number of fused-ring (bicyclic) bond motifs is 2. The van der Waals surface area contributed by atoms with Gasteiger partial charge >= 0.3 is 0 Å². The fraction of sp³-hybridized carbons (Fsp3) is 0.486. The van der Waals surface area contributed by atoms with E-state index in [2.05, 4.69) is 0 Å². The first-order chi connectivity index (χ1) is 22.0. The number of benzene rings is 2. The highest BCUT2D eigenvalue weighted by molar-refractivity contribution is 6.08. The van der Waals surface area contributed by atoms with Gasteiger partial charge in [-0.2, -0.15) is 0 Å². The number of amides is 3. The van der Waals surface area contributed by atoms with E-state index in [0.717, 1.165) is 16.8 Å². The minimum Gasteiger partial charge on any atom is -0.494 e. The predicted molar refractivity (Wildman–Crippen MR) is 177 cm³/mol. The Kier molecular flexibility index (Phi) is 8.36. The number of hydrogen-bond acceptors (Lipinski definition) is 6. The molecule has 4 heterocycles. The minimum atomic E-state index is -1.42. The van der Waals surface area contributed by atoms with Crippen molar-refractivity contribution in [3.05, 3.63) is 77.9 Å². The van der Waals surface area contributed by atoms with E-state index in [1.165, 1.54) is 0 Å². The van der Waals surface area contributed by atoms with Crippen LogP contribution in [0.1, 0.15) is 45.2 Å². The van der Waals surface area contributed by atoms with Crippen LogP contribution in [0, 0.1) is 31.6 Å². The first-order valence-corrected chi connectivity index (χ1v) is 16.4. The Bertz CT molecular complexity index is 1570. The Labute approximate surface area is 271 Å². The summed E-state index contributed by atoms with van der Waals surface area (Å²) in [6.45, 7) is 12.5. The molecule has 2 saturated heterocycles. The first-order valence-electron chi connectivity index (χ1n) is 16.4. The highest BCUT2D eigenvalue weighted by Crippen LogP contribution is 2.58. The van der Waals surface area contributed by atoms with Crippen LogP contribution in [0.4, 0.5) is 11.4 Å². The molecule has 1 spiro atoms. The van der Waals surface area contributed by atoms with E-state index in [-0.39, 0.29) is 36.8 Å². The lowest BCUT2D eigenvalue weighted by molar-refractivity contribution is -0.149. The van der Waals surface area contributed by atoms with E-state index >= 15 is 0 Å². The molecule has 46 heavy (non-hydrogen) atoms. The Morgan fingerprint density at radius 2 is 1.57 bits per heavy atom. The lowest BCUT2D eigenvalue weighted by Gasteiger charge is -2.41. The third-order valence-corrected chi connectivity index (χ3v) is 10.5. The molecular formula is C37H45N3O6. The lowest BCUT2D eigenvalue weighted by Crippen LogP contribution is -2.60. The number of nitrogens with zero attached hydrogens (tertiary/aromatic N) is 3. The molecule has 0 aromatic heterocycles. The van der Waals surface area contributed by atoms with Gasteiger partial charge in [0.2, 0.25) is 11.8 Å². The molecule has 0 saturated carbocycles. The fourth-order valence-corrected chi connectivity index (χ4v) is 8.19. The van der Waals surface area contributed by atoms with Gasteiger partial charge in [-0.05, 0) is 69.0 Å². The molecule has 2 aromatic carbocycles. The number of carbonyl (C=O) groups is 3. The second-order valence-electron chi connectivity index (χ2n) is 13.2. The lowest BCUT2D eigenvalue weighted by atomic mass is 9.74. The third kappa shape index (κ3) is 4.78. The Hall–Kier alpha value is -3.95. The zero-order valence-corrected chi connectivity index (χ0v) is 27.6. The first kappa shape index (κ1) is 32.0. The molecule has 4 aliphatic rings. The summed E-state index contributed by atoms with van der Waals surface area (Å²) in [5.41, 5.74) is 0.805. The van der Waals surface area contributed by atoms with Gasteiger partial charge in [-0.25, -0.2) is 0 Å². The largest absolute Gasteiger partial charge is 0.494 e. The van der Waals surface area contributed by atoms with Crippen molar-refractivity contribution in [1.82, 2.24) is 4.90 Å². The van der Waals surface area contributed by atoms with Gasteiger partial charge in [0, 0.05) is 24.5 Å². The summed E-state index contributed by atoms with van der Waals surface area (Å²) in [5.74, 6) is -2.13. The normalized spacial score (nSPS) is 30.1. The predicted octanol–water partition coefficient (Wildman–Crippen LogP) is 4.59. The number of aliphatic hydroxyl groups excluding tert-OH is 1. The second-order valence-corrected chi connectivity index (χ2v) is 13.2. The molecular weight excluding hydrogens is 582 g/mol. The summed E-state index contributed by atoms with van der Waals surface area (Å²) in [4.78, 5) is 49.6. The minimum absolute atomic E-state index is 0.102. The highest BCUT2D eigenvalue weighted by Gasteiger charge is 2.75. The molecule has 2 aromatic rings. The van der Waals surface area contributed by atoms with Crippen molar-refractivity contribution in [2.45, 2.75) is 71.2 Å². The van der Waals surface area contributed by atoms with Crippen LogP contribution in [0.2, 0.25) is 0 Å². The summed E-state index contributed by atoms with van der Waals surface area (Å²) in [6.07, 6.45) is 8.25. The molecule has 0 radical (unpaired) electrons. The Morgan fingerprint density at radius 3 is 2.20 bits per heavy atom. The van der Waals surface area contributed by atoms with Gasteiger partial charge in [0.1, 0.15) is 17.4 Å². The van der Waals surface area contributed by atoms with Crippen molar-refractivity contribution in [2.75, 3.05) is 36.1 Å². The number of likely N-dealkylation sites (tertiary alicyclic amines) is 1. The number of carbonyl (C=O) groups excluding carboxylic acids is 3. The molecule has 0 bridgehead atoms. The van der Waals surface area contributed by atoms with Gasteiger partial charge in [-0.3, -0.25) is 14.4 Å². The number of aryl methyl sites for hydroxylation is 2. The summed E-state index contributed by atoms with van der Waals surface area (Å²) < 4.78 is 12.6. The summed E-state index contributed by atoms with van der Waals surface area (Å²) in [6, 6.07) is 11.6. The standard InChI is InChI=1S/C37H45N3O6/c1-7-23(3)28(22-41)40-32-35(44)39(31-24(4)12-9-13-25(31)5)21-11-19-37(32)30(34(40)43)29-33(42)38(20-10-18-36(29,6)46-37)26-14-16-27(17-15-26)45-8-2/h9-19,23,28-30,32,41H,7-8,20-22H2,1-6H3/t23-,28-,29-,30-,32?,36+,37-/m0/s1. The van der Waals surface area contributed by atoms with Crippen LogP contribution in [-0.4, -0.2) is 77.3 Å². The number of hydrogen-bond donors (Lipinski definition) is 1. The number of para-hydroxylation sites is 1. The van der Waals surface area contributed by atoms with Crippen molar-refractivity contribution < 1.29 is 29.0 Å². The van der Waals surface area contributed by atoms with Gasteiger partial charge in [-0.1, -0.05) is 62.8 Å². The van der Waals surface area contributed by atoms with Crippen molar-refractivity contribution in [3.8, 4) is 5.75 Å². The van der Waals surface area contributed by atoms with Crippen molar-refractivity contribution in [3.63, 3.8) is 0 Å². The molecule has 1 unspecified atom stereocenters. The van der Waals surface area contributed by atoms with Crippen LogP contribution < -0.4 is 14.5 Å². The van der Waals surface area contributed by atoms with Crippen LogP contribution in [0.3, 0.4) is 0 Å². The van der Waals surface area contributed by atoms with Crippen LogP contribution in [0.25, 0.3) is 0 Å². The van der Waals surface area contributed by atoms with Gasteiger partial charge in [0.25, 0.3) is 5.91 Å². The maximum absolute atomic E-state index is 15.0. The molecule has 7 atom stereocenters. The molecule has 0 aliphatic carbocycles. The number of ether oxygens (including phenoxy) is 2. The van der Waals surface area contributed by atoms with Crippen LogP contribution in [-0.2, 0) is 19.1 Å². The monoisotopic (exact) mass is 627 g/mol. The summed E-state index contributed by atoms with van der Waals surface area (Å²) >= 11 is 0. The van der Waals surface area contributed by atoms with E-state index in [0.29, 0.717) is 31.0 Å². The third-order valence-electron chi connectivity index (χ3n) is 10.5. The summed E-state index contributed by atoms with van der Waals surface area (Å²) in [7, 11) is 0. The molecule has 3 amide bonds. The van der Waals surface area contributed by atoms with Crippen LogP contribution in [0.15, 0.2) is 66.8 Å². The molecule has 1 N–H and O–H groups in total. The van der Waals surface area contributed by atoms with E-state index in [4.69, 9.17) is 9.47 Å². The zero-order valence-electron chi connectivity index (χ0n) is 27.6. The maximum atomic E-state index is 15.0. The SMILES string of the molecule is CCOc1ccc(N2CC=C[C@@]3(C)O[C@]45C=CCN(c6c(C)cccc6C)C(=O)C4N([C@@H](CO)[C@@H](C)CC)C(=O)[C@@H]5[C@H]3C2=O)cc1. The number of aliphatic hydroxyl groups is 1. The summed E-state index contributed by atoms with van der Waals surface area (Å²) in [5, 5.41) is 10.7. The van der Waals surface area contributed by atoms with Gasteiger partial charge in [0.15, 0.2) is 0 Å². The Balaban J connectivity index is 1.49. The zero-order chi connectivity index (χ0) is 33.0. The molecule has 9 nitrogen and oxygen atoms in total. The van der Waals surface area contributed by atoms with E-state index in [1.54, 1.807) is 14.7 Å². The van der Waals surface area contributed by atoms with E-state index in [9.17, 15) is 19.5 Å². The van der Waals surface area contributed by atoms with E-state index < -0.39 is 35.1 Å². The molecule has 244 valence electrons. The number of anilines is 2. The quantitative estimate of drug-likeness (QED) is 0.430. The van der Waals surface area contributed by atoms with Crippen LogP contribution >= 0.6 is 0 Å². The van der Waals surface area contributed by atoms with Gasteiger partial charge < -0.3 is 29.3 Å². The molecule has 6 rings (SSSR count). The van der Waals surface area contributed by atoms with Crippen molar-refractivity contribution >= 4 is 29.1 Å². The highest BCUT2D eigenvalue weighted by atomic mass is 16.5. The second kappa shape index (κ2) is 12.0. The smallest absolute Gasteiger partial charge is 0.253 e. The average Bonchev–Trinajstić information content (AvgIpc) is 3.30. The van der Waals surface area contributed by atoms with Gasteiger partial charge in [0.05, 0.1) is 36.7 Å². The molecule has 9 heteroatoms. The molecule has 2 fully saturated rings. The topological polar surface area (TPSA) is 99.6 Å². The fourth-order valence-electron chi connectivity index (χ4n) is 8.19. The molecule has 4 aliphatic heterocycles. The average molecular weight is 628 g/mol. The van der Waals surface area contributed by atoms with Gasteiger partial charge in [-0.15, -0.1) is 0 Å². The van der Waals surface area contributed by atoms with E-state index in [1.807, 2.05) is 108 Å². The Morgan fingerprint density at radius 1 is 0.913 bits per heavy atom. The van der Waals surface area contributed by atoms with Crippen molar-refractivity contribution in [1.29, 1.82) is 0 Å². The van der Waals surface area contributed by atoms with Crippen molar-refractivity contribution in [2.24, 2.45) is 17.8 Å².